The van der Waals surface area contributed by atoms with Gasteiger partial charge in [0, 0.05) is 50.6 Å². The van der Waals surface area contributed by atoms with E-state index in [9.17, 15) is 27.5 Å². The van der Waals surface area contributed by atoms with E-state index in [2.05, 4.69) is 31.9 Å². The number of ether oxygens (including phenoxy) is 3. The van der Waals surface area contributed by atoms with E-state index in [0.717, 1.165) is 80.4 Å². The molecule has 1 saturated heterocycles. The number of nitrogens with zero attached hydrogens (tertiary/aromatic N) is 6. The molecule has 0 aliphatic carbocycles. The van der Waals surface area contributed by atoms with Gasteiger partial charge in [0.1, 0.15) is 48.1 Å². The van der Waals surface area contributed by atoms with E-state index in [4.69, 9.17) is 33.0 Å². The number of rotatable bonds is 15. The quantitative estimate of drug-likeness (QED) is 0.0994. The highest BCUT2D eigenvalue weighted by Gasteiger charge is 2.51. The van der Waals surface area contributed by atoms with Crippen molar-refractivity contribution in [1.29, 1.82) is 0 Å². The van der Waals surface area contributed by atoms with Gasteiger partial charge in [-0.25, -0.2) is 14.8 Å². The summed E-state index contributed by atoms with van der Waals surface area (Å²) in [6.45, 7) is 1.39. The van der Waals surface area contributed by atoms with Crippen LogP contribution in [-0.2, 0) is 23.8 Å². The van der Waals surface area contributed by atoms with Gasteiger partial charge in [0.2, 0.25) is 5.88 Å². The SMILES string of the molecule is C.[2H]C([2H])(Oc1ccccc1C(F)(F)C(Oc1ncnc2sc(-c3ccc(F)o3)c(-c3ccc(OCCN4CCN(C)CC4)c(Cl)c3C)c12)C(=O)O)c1ccnn1CC(F)(F)F. The number of para-hydroxylation sites is 1. The lowest BCUT2D eigenvalue weighted by Gasteiger charge is -2.32. The normalized spacial score (nSPS) is 15.3. The summed E-state index contributed by atoms with van der Waals surface area (Å²) in [5.74, 6) is -7.88. The van der Waals surface area contributed by atoms with Gasteiger partial charge in [-0.1, -0.05) is 37.2 Å². The molecule has 1 aliphatic rings. The van der Waals surface area contributed by atoms with Crippen LogP contribution in [0, 0.1) is 12.9 Å². The van der Waals surface area contributed by atoms with E-state index in [1.54, 1.807) is 19.1 Å². The third-order valence-corrected chi connectivity index (χ3v) is 11.1. The molecule has 320 valence electrons. The molecule has 12 nitrogen and oxygen atoms in total. The molecule has 7 rings (SSSR count). The number of alkyl halides is 5. The molecule has 1 aliphatic heterocycles. The van der Waals surface area contributed by atoms with Crippen molar-refractivity contribution in [2.75, 3.05) is 46.4 Å². The number of hydrogen-bond donors (Lipinski definition) is 1. The third kappa shape index (κ3) is 9.48. The fraction of sp³-hybridized carbons (Fsp3) is 0.350. The number of aliphatic carboxylic acids is 1. The van der Waals surface area contributed by atoms with Crippen LogP contribution < -0.4 is 14.2 Å². The minimum absolute atomic E-state index is 0. The molecule has 0 saturated carbocycles. The van der Waals surface area contributed by atoms with Gasteiger partial charge in [-0.15, -0.1) is 11.3 Å². The maximum absolute atomic E-state index is 16.7. The van der Waals surface area contributed by atoms with Gasteiger partial charge in [-0.3, -0.25) is 9.58 Å². The molecule has 20 heteroatoms. The summed E-state index contributed by atoms with van der Waals surface area (Å²) in [6.07, 6.45) is -6.06. The van der Waals surface area contributed by atoms with Crippen molar-refractivity contribution < 1.29 is 57.6 Å². The first-order chi connectivity index (χ1) is 28.8. The van der Waals surface area contributed by atoms with E-state index in [1.807, 2.05) is 0 Å². The number of likely N-dealkylation sites (N-methyl/N-ethyl adjacent to an activating group) is 1. The Hall–Kier alpha value is -5.37. The number of furan rings is 1. The molecule has 0 amide bonds. The van der Waals surface area contributed by atoms with Gasteiger partial charge in [0.15, 0.2) is 0 Å². The highest BCUT2D eigenvalue weighted by Crippen LogP contribution is 2.50. The predicted octanol–water partition coefficient (Wildman–Crippen LogP) is 8.94. The van der Waals surface area contributed by atoms with Crippen molar-refractivity contribution >= 4 is 39.1 Å². The standard InChI is InChI=1S/C39H35ClF6N6O6S.CH4/c1-22-24(7-8-27(32(22)40)55-18-17-51-15-13-50(2)14-16-51)30-31-35(47-21-48-36(31)59-33(30)28-9-10-29(41)57-28)58-34(37(53)54)39(45,46)25-5-3-4-6-26(25)56-19-23-11-12-49-52(23)20-38(42,43)44;/h3-12,21,34H,13-20H2,1-2H3,(H,53,54);1H4/i19D2;. The summed E-state index contributed by atoms with van der Waals surface area (Å²) in [5.41, 5.74) is -0.929. The van der Waals surface area contributed by atoms with E-state index < -0.39 is 66.2 Å². The summed E-state index contributed by atoms with van der Waals surface area (Å²) in [5, 5.41) is 13.9. The average molecular weight is 883 g/mol. The Kier molecular flexibility index (Phi) is 12.5. The first-order valence-electron chi connectivity index (χ1n) is 18.8. The number of aromatic nitrogens is 4. The number of carbonyl (C=O) groups is 1. The molecule has 2 aromatic carbocycles. The van der Waals surface area contributed by atoms with E-state index in [1.165, 1.54) is 12.1 Å². The third-order valence-electron chi connectivity index (χ3n) is 9.47. The second kappa shape index (κ2) is 18.1. The molecule has 1 N–H and O–H groups in total. The van der Waals surface area contributed by atoms with Crippen LogP contribution in [0.15, 0.2) is 71.5 Å². The maximum atomic E-state index is 16.7. The molecule has 0 bridgehead atoms. The molecule has 4 aromatic heterocycles. The Bertz CT molecular complexity index is 2550. The first-order valence-corrected chi connectivity index (χ1v) is 19.0. The van der Waals surface area contributed by atoms with Crippen LogP contribution in [-0.4, -0.2) is 99.3 Å². The molecule has 0 radical (unpaired) electrons. The Balaban J connectivity index is 0.00000641. The van der Waals surface area contributed by atoms with Crippen molar-refractivity contribution in [2.24, 2.45) is 0 Å². The van der Waals surface area contributed by atoms with Gasteiger partial charge < -0.3 is 28.6 Å². The van der Waals surface area contributed by atoms with Gasteiger partial charge in [0.25, 0.3) is 12.1 Å². The molecule has 6 aromatic rings. The molecule has 1 fully saturated rings. The maximum Gasteiger partial charge on any atom is 0.408 e. The predicted molar refractivity (Wildman–Crippen MR) is 211 cm³/mol. The van der Waals surface area contributed by atoms with Crippen LogP contribution in [0.25, 0.3) is 32.0 Å². The smallest absolute Gasteiger partial charge is 0.408 e. The van der Waals surface area contributed by atoms with Crippen LogP contribution in [0.1, 0.15) is 27.0 Å². The number of halogens is 7. The molecule has 5 heterocycles. The lowest BCUT2D eigenvalue weighted by atomic mass is 9.97. The van der Waals surface area contributed by atoms with Crippen LogP contribution in [0.2, 0.25) is 5.02 Å². The number of benzene rings is 2. The summed E-state index contributed by atoms with van der Waals surface area (Å²) in [4.78, 5) is 26.0. The molecular formula is C40H39ClF6N6O6S. The monoisotopic (exact) mass is 882 g/mol. The zero-order valence-electron chi connectivity index (χ0n) is 33.1. The summed E-state index contributed by atoms with van der Waals surface area (Å²) in [6, 6.07) is 9.52. The second-order valence-corrected chi connectivity index (χ2v) is 14.8. The van der Waals surface area contributed by atoms with Gasteiger partial charge >= 0.3 is 18.1 Å². The number of carboxylic acids is 1. The van der Waals surface area contributed by atoms with Gasteiger partial charge in [-0.2, -0.15) is 31.4 Å². The summed E-state index contributed by atoms with van der Waals surface area (Å²) >= 11 is 7.83. The van der Waals surface area contributed by atoms with E-state index in [-0.39, 0.29) is 43.5 Å². The Morgan fingerprint density at radius 2 is 1.78 bits per heavy atom. The Morgan fingerprint density at radius 1 is 1.03 bits per heavy atom. The minimum Gasteiger partial charge on any atom is -0.491 e. The highest BCUT2D eigenvalue weighted by atomic mass is 35.5. The van der Waals surface area contributed by atoms with Crippen molar-refractivity contribution in [3.05, 3.63) is 95.0 Å². The number of piperazine rings is 1. The summed E-state index contributed by atoms with van der Waals surface area (Å²) < 4.78 is 127. The molecule has 1 atom stereocenters. The minimum atomic E-state index is -4.81. The zero-order chi connectivity index (χ0) is 43.9. The fourth-order valence-electron chi connectivity index (χ4n) is 6.45. The second-order valence-electron chi connectivity index (χ2n) is 13.5. The molecule has 60 heavy (non-hydrogen) atoms. The topological polar surface area (TPSA) is 128 Å². The van der Waals surface area contributed by atoms with Gasteiger partial charge in [-0.05, 0) is 55.4 Å². The van der Waals surface area contributed by atoms with Gasteiger partial charge in [0.05, 0.1) is 29.3 Å². The Morgan fingerprint density at radius 3 is 2.48 bits per heavy atom. The lowest BCUT2D eigenvalue weighted by Crippen LogP contribution is -2.45. The van der Waals surface area contributed by atoms with E-state index in [0.29, 0.717) is 30.0 Å². The van der Waals surface area contributed by atoms with Crippen molar-refractivity contribution in [2.45, 2.75) is 45.7 Å². The van der Waals surface area contributed by atoms with Crippen molar-refractivity contribution in [1.82, 2.24) is 29.5 Å². The largest absolute Gasteiger partial charge is 0.491 e. The van der Waals surface area contributed by atoms with Crippen LogP contribution in [0.5, 0.6) is 17.4 Å². The zero-order valence-corrected chi connectivity index (χ0v) is 32.7. The molecule has 0 spiro atoms. The fourth-order valence-corrected chi connectivity index (χ4v) is 7.78. The van der Waals surface area contributed by atoms with Crippen LogP contribution in [0.3, 0.4) is 0 Å². The van der Waals surface area contributed by atoms with Crippen molar-refractivity contribution in [3.63, 3.8) is 0 Å². The van der Waals surface area contributed by atoms with E-state index >= 15 is 8.78 Å². The van der Waals surface area contributed by atoms with Crippen LogP contribution >= 0.6 is 22.9 Å². The number of fused-ring (bicyclic) bond motifs is 1. The first kappa shape index (κ1) is 41.4. The molecule has 1 unspecified atom stereocenters. The van der Waals surface area contributed by atoms with Crippen LogP contribution in [0.4, 0.5) is 26.3 Å². The number of hydrogen-bond acceptors (Lipinski definition) is 11. The lowest BCUT2D eigenvalue weighted by molar-refractivity contribution is -0.169. The molecular weight excluding hydrogens is 842 g/mol. The van der Waals surface area contributed by atoms with Crippen molar-refractivity contribution in [3.8, 4) is 39.1 Å². The highest BCUT2D eigenvalue weighted by molar-refractivity contribution is 7.22. The number of thiophene rings is 1. The Labute approximate surface area is 351 Å². The number of carboxylic acid groups (broad SMARTS) is 1. The average Bonchev–Trinajstić information content (AvgIpc) is 3.94. The summed E-state index contributed by atoms with van der Waals surface area (Å²) in [7, 11) is 2.06.